The molecule has 16 heavy (non-hydrogen) atoms. The quantitative estimate of drug-likeness (QED) is 0.768. The minimum atomic E-state index is -1.69. The smallest absolute Gasteiger partial charge is 0.192 e. The Labute approximate surface area is 103 Å². The zero-order chi connectivity index (χ0) is 13.4. The molecule has 2 atom stereocenters. The zero-order valence-corrected chi connectivity index (χ0v) is 13.6. The Balaban J connectivity index is 4.64. The molecule has 2 nitrogen and oxygen atoms in total. The van der Waals surface area contributed by atoms with Crippen molar-refractivity contribution in [3.8, 4) is 0 Å². The van der Waals surface area contributed by atoms with Crippen LogP contribution >= 0.6 is 0 Å². The maximum atomic E-state index is 6.30. The minimum Gasteiger partial charge on any atom is -0.413 e. The molecule has 0 aromatic carbocycles. The molecule has 0 rings (SSSR count). The van der Waals surface area contributed by atoms with Gasteiger partial charge >= 0.3 is 0 Å². The third kappa shape index (κ3) is 4.19. The minimum absolute atomic E-state index is 0.0848. The van der Waals surface area contributed by atoms with Gasteiger partial charge in [-0.05, 0) is 30.5 Å². The van der Waals surface area contributed by atoms with E-state index in [4.69, 9.17) is 10.2 Å². The van der Waals surface area contributed by atoms with Crippen molar-refractivity contribution in [2.75, 3.05) is 0 Å². The van der Waals surface area contributed by atoms with Crippen molar-refractivity contribution in [1.29, 1.82) is 0 Å². The van der Waals surface area contributed by atoms with Crippen LogP contribution in [-0.2, 0) is 4.43 Å². The molecule has 0 spiro atoms. The highest BCUT2D eigenvalue weighted by atomic mass is 28.4. The van der Waals surface area contributed by atoms with Crippen LogP contribution in [-0.4, -0.2) is 20.5 Å². The summed E-state index contributed by atoms with van der Waals surface area (Å²) in [7, 11) is -1.69. The molecule has 0 aliphatic heterocycles. The maximum Gasteiger partial charge on any atom is 0.192 e. The fourth-order valence-corrected chi connectivity index (χ4v) is 2.85. The van der Waals surface area contributed by atoms with E-state index in [1.54, 1.807) is 0 Å². The highest BCUT2D eigenvalue weighted by molar-refractivity contribution is 6.74. The van der Waals surface area contributed by atoms with E-state index in [9.17, 15) is 0 Å². The molecule has 0 amide bonds. The molecular formula is C13H31NOSi. The molecule has 3 heteroatoms. The standard InChI is InChI=1S/C13H31NOSi/c1-10(11(14)12(2,3)4)15-16(8,9)13(5,6)7/h10-11H,14H2,1-9H3/t10-,11+/m0/s1. The van der Waals surface area contributed by atoms with Crippen LogP contribution in [0.25, 0.3) is 0 Å². The first kappa shape index (κ1) is 16.1. The molecule has 0 aliphatic carbocycles. The number of rotatable bonds is 3. The van der Waals surface area contributed by atoms with Gasteiger partial charge in [0.2, 0.25) is 0 Å². The maximum absolute atomic E-state index is 6.30. The molecule has 0 unspecified atom stereocenters. The van der Waals surface area contributed by atoms with Crippen molar-refractivity contribution in [3.63, 3.8) is 0 Å². The van der Waals surface area contributed by atoms with Crippen LogP contribution in [0.1, 0.15) is 48.5 Å². The molecule has 0 saturated carbocycles. The Kier molecular flexibility index (Phi) is 4.83. The summed E-state index contributed by atoms with van der Waals surface area (Å²) in [5, 5.41) is 0.249. The molecule has 2 N–H and O–H groups in total. The van der Waals surface area contributed by atoms with Crippen molar-refractivity contribution in [3.05, 3.63) is 0 Å². The Hall–Kier alpha value is 0.137. The Morgan fingerprint density at radius 1 is 1.00 bits per heavy atom. The molecule has 0 saturated heterocycles. The normalized spacial score (nSPS) is 18.4. The van der Waals surface area contributed by atoms with Gasteiger partial charge in [-0.25, -0.2) is 0 Å². The van der Waals surface area contributed by atoms with E-state index in [-0.39, 0.29) is 22.6 Å². The molecule has 0 radical (unpaired) electrons. The zero-order valence-electron chi connectivity index (χ0n) is 12.6. The molecule has 0 bridgehead atoms. The largest absolute Gasteiger partial charge is 0.413 e. The molecule has 0 fully saturated rings. The highest BCUT2D eigenvalue weighted by Crippen LogP contribution is 2.38. The van der Waals surface area contributed by atoms with Crippen molar-refractivity contribution >= 4 is 8.32 Å². The van der Waals surface area contributed by atoms with Crippen LogP contribution in [0.5, 0.6) is 0 Å². The SMILES string of the molecule is C[C@H](O[Si](C)(C)C(C)(C)C)[C@@H](N)C(C)(C)C. The lowest BCUT2D eigenvalue weighted by atomic mass is 9.85. The van der Waals surface area contributed by atoms with Gasteiger partial charge in [0.05, 0.1) is 6.10 Å². The van der Waals surface area contributed by atoms with Crippen LogP contribution in [0.4, 0.5) is 0 Å². The van der Waals surface area contributed by atoms with Gasteiger partial charge < -0.3 is 10.2 Å². The summed E-state index contributed by atoms with van der Waals surface area (Å²) in [6.45, 7) is 19.9. The van der Waals surface area contributed by atoms with Crippen molar-refractivity contribution < 1.29 is 4.43 Å². The molecule has 0 aromatic heterocycles. The van der Waals surface area contributed by atoms with E-state index in [1.807, 2.05) is 0 Å². The third-order valence-corrected chi connectivity index (χ3v) is 8.37. The van der Waals surface area contributed by atoms with Gasteiger partial charge in [-0.1, -0.05) is 41.5 Å². The molecule has 0 aliphatic rings. The van der Waals surface area contributed by atoms with Gasteiger partial charge in [-0.2, -0.15) is 0 Å². The van der Waals surface area contributed by atoms with E-state index in [2.05, 4.69) is 61.6 Å². The summed E-state index contributed by atoms with van der Waals surface area (Å²) in [5.41, 5.74) is 6.34. The lowest BCUT2D eigenvalue weighted by molar-refractivity contribution is 0.115. The Bertz CT molecular complexity index is 225. The average molecular weight is 245 g/mol. The first-order chi connectivity index (χ1) is 6.79. The highest BCUT2D eigenvalue weighted by Gasteiger charge is 2.40. The van der Waals surface area contributed by atoms with Crippen LogP contribution in [0, 0.1) is 5.41 Å². The number of hydrogen-bond acceptors (Lipinski definition) is 2. The summed E-state index contributed by atoms with van der Waals surface area (Å²) in [6.07, 6.45) is 0.126. The predicted octanol–water partition coefficient (Wildman–Crippen LogP) is 3.77. The number of hydrogen-bond donors (Lipinski definition) is 1. The second kappa shape index (κ2) is 4.79. The van der Waals surface area contributed by atoms with Crippen LogP contribution < -0.4 is 5.73 Å². The second-order valence-corrected chi connectivity index (χ2v) is 12.2. The third-order valence-electron chi connectivity index (χ3n) is 3.79. The summed E-state index contributed by atoms with van der Waals surface area (Å²) in [6, 6.07) is 0.0848. The van der Waals surface area contributed by atoms with Gasteiger partial charge in [0, 0.05) is 6.04 Å². The lowest BCUT2D eigenvalue weighted by Gasteiger charge is -2.42. The molecule has 0 aromatic rings. The Morgan fingerprint density at radius 3 is 1.62 bits per heavy atom. The lowest BCUT2D eigenvalue weighted by Crippen LogP contribution is -2.52. The summed E-state index contributed by atoms with van der Waals surface area (Å²) >= 11 is 0. The predicted molar refractivity (Wildman–Crippen MR) is 75.2 cm³/mol. The van der Waals surface area contributed by atoms with E-state index in [0.29, 0.717) is 0 Å². The van der Waals surface area contributed by atoms with Gasteiger partial charge in [-0.3, -0.25) is 0 Å². The van der Waals surface area contributed by atoms with Gasteiger partial charge in [0.1, 0.15) is 0 Å². The van der Waals surface area contributed by atoms with Crippen molar-refractivity contribution in [1.82, 2.24) is 0 Å². The summed E-state index contributed by atoms with van der Waals surface area (Å²) in [4.78, 5) is 0. The van der Waals surface area contributed by atoms with E-state index >= 15 is 0 Å². The molecule has 0 heterocycles. The first-order valence-electron chi connectivity index (χ1n) is 6.22. The second-order valence-electron chi connectivity index (χ2n) is 7.48. The van der Waals surface area contributed by atoms with E-state index < -0.39 is 8.32 Å². The van der Waals surface area contributed by atoms with Gasteiger partial charge in [-0.15, -0.1) is 0 Å². The van der Waals surface area contributed by atoms with Gasteiger partial charge in [0.15, 0.2) is 8.32 Å². The average Bonchev–Trinajstić information content (AvgIpc) is 1.97. The van der Waals surface area contributed by atoms with Crippen LogP contribution in [0.15, 0.2) is 0 Å². The van der Waals surface area contributed by atoms with Crippen LogP contribution in [0.2, 0.25) is 18.1 Å². The Morgan fingerprint density at radius 2 is 1.38 bits per heavy atom. The summed E-state index contributed by atoms with van der Waals surface area (Å²) < 4.78 is 6.30. The van der Waals surface area contributed by atoms with Crippen LogP contribution in [0.3, 0.4) is 0 Å². The van der Waals surface area contributed by atoms with Crippen molar-refractivity contribution in [2.24, 2.45) is 11.1 Å². The monoisotopic (exact) mass is 245 g/mol. The molecule has 98 valence electrons. The van der Waals surface area contributed by atoms with E-state index in [0.717, 1.165) is 0 Å². The number of nitrogens with two attached hydrogens (primary N) is 1. The first-order valence-corrected chi connectivity index (χ1v) is 9.13. The van der Waals surface area contributed by atoms with Gasteiger partial charge in [0.25, 0.3) is 0 Å². The fraction of sp³-hybridized carbons (Fsp3) is 1.00. The molecular weight excluding hydrogens is 214 g/mol. The van der Waals surface area contributed by atoms with Crippen molar-refractivity contribution in [2.45, 2.75) is 78.7 Å². The fourth-order valence-electron chi connectivity index (χ4n) is 1.42. The summed E-state index contributed by atoms with van der Waals surface area (Å²) in [5.74, 6) is 0. The van der Waals surface area contributed by atoms with E-state index in [1.165, 1.54) is 0 Å². The topological polar surface area (TPSA) is 35.2 Å².